The monoisotopic (exact) mass is 210 g/mol. The molecule has 1 unspecified atom stereocenters. The molecule has 0 bridgehead atoms. The normalized spacial score (nSPS) is 14.0. The van der Waals surface area contributed by atoms with Crippen LogP contribution in [0.3, 0.4) is 0 Å². The molecule has 1 heterocycles. The zero-order valence-electron chi connectivity index (χ0n) is 9.90. The SMILES string of the molecule is Cc1nn(C)cc1C(=O)C(O)C(C)(C)C. The van der Waals surface area contributed by atoms with Crippen molar-refractivity contribution in [2.45, 2.75) is 33.8 Å². The molecule has 0 spiro atoms. The Kier molecular flexibility index (Phi) is 3.00. The van der Waals surface area contributed by atoms with E-state index >= 15 is 0 Å². The first-order valence-corrected chi connectivity index (χ1v) is 4.96. The molecule has 0 aliphatic heterocycles. The van der Waals surface area contributed by atoms with Gasteiger partial charge in [0.05, 0.1) is 11.3 Å². The van der Waals surface area contributed by atoms with Gasteiger partial charge in [-0.05, 0) is 12.3 Å². The average Bonchev–Trinajstić information content (AvgIpc) is 2.41. The highest BCUT2D eigenvalue weighted by Crippen LogP contribution is 2.23. The summed E-state index contributed by atoms with van der Waals surface area (Å²) < 4.78 is 1.58. The van der Waals surface area contributed by atoms with E-state index in [1.54, 1.807) is 24.9 Å². The molecule has 1 aromatic rings. The summed E-state index contributed by atoms with van der Waals surface area (Å²) in [5.74, 6) is -0.256. The predicted molar refractivity (Wildman–Crippen MR) is 57.7 cm³/mol. The number of nitrogens with zero attached hydrogens (tertiary/aromatic N) is 2. The highest BCUT2D eigenvalue weighted by atomic mass is 16.3. The van der Waals surface area contributed by atoms with Gasteiger partial charge in [0.1, 0.15) is 6.10 Å². The second kappa shape index (κ2) is 3.77. The maximum absolute atomic E-state index is 11.9. The van der Waals surface area contributed by atoms with Gasteiger partial charge < -0.3 is 5.11 Å². The van der Waals surface area contributed by atoms with Crippen LogP contribution in [0.2, 0.25) is 0 Å². The second-order valence-corrected chi connectivity index (χ2v) is 4.93. The van der Waals surface area contributed by atoms with Crippen LogP contribution in [-0.2, 0) is 7.05 Å². The standard InChI is InChI=1S/C11H18N2O2/c1-7-8(6-13(5)12-7)9(14)10(15)11(2,3)4/h6,10,15H,1-5H3. The van der Waals surface area contributed by atoms with Gasteiger partial charge in [-0.25, -0.2) is 0 Å². The van der Waals surface area contributed by atoms with Crippen molar-refractivity contribution < 1.29 is 9.90 Å². The zero-order valence-corrected chi connectivity index (χ0v) is 9.90. The first kappa shape index (κ1) is 11.9. The number of ketones is 1. The fourth-order valence-corrected chi connectivity index (χ4v) is 1.38. The minimum absolute atomic E-state index is 0.256. The molecular formula is C11H18N2O2. The molecule has 1 N–H and O–H groups in total. The summed E-state index contributed by atoms with van der Waals surface area (Å²) in [6.07, 6.45) is 0.660. The lowest BCUT2D eigenvalue weighted by Gasteiger charge is -2.24. The Morgan fingerprint density at radius 1 is 1.53 bits per heavy atom. The number of carbonyl (C=O) groups is 1. The molecule has 0 radical (unpaired) electrons. The molecule has 1 atom stereocenters. The zero-order chi connectivity index (χ0) is 11.8. The molecular weight excluding hydrogens is 192 g/mol. The Bertz CT molecular complexity index is 374. The molecule has 0 aromatic carbocycles. The number of aliphatic hydroxyl groups excluding tert-OH is 1. The van der Waals surface area contributed by atoms with Crippen LogP contribution < -0.4 is 0 Å². The minimum Gasteiger partial charge on any atom is -0.384 e. The summed E-state index contributed by atoms with van der Waals surface area (Å²) in [7, 11) is 1.76. The maximum Gasteiger partial charge on any atom is 0.195 e. The number of aryl methyl sites for hydroxylation is 2. The highest BCUT2D eigenvalue weighted by molar-refractivity contribution is 6.00. The topological polar surface area (TPSA) is 55.1 Å². The van der Waals surface area contributed by atoms with Crippen LogP contribution in [0.15, 0.2) is 6.20 Å². The fourth-order valence-electron chi connectivity index (χ4n) is 1.38. The van der Waals surface area contributed by atoms with Gasteiger partial charge in [0.2, 0.25) is 0 Å². The van der Waals surface area contributed by atoms with E-state index in [1.807, 2.05) is 20.8 Å². The number of hydrogen-bond donors (Lipinski definition) is 1. The first-order chi connectivity index (χ1) is 6.73. The third-order valence-electron chi connectivity index (χ3n) is 2.35. The molecule has 15 heavy (non-hydrogen) atoms. The van der Waals surface area contributed by atoms with Crippen LogP contribution in [0, 0.1) is 12.3 Å². The summed E-state index contributed by atoms with van der Waals surface area (Å²) in [6.45, 7) is 7.27. The Labute approximate surface area is 89.9 Å². The smallest absolute Gasteiger partial charge is 0.195 e. The molecule has 4 heteroatoms. The van der Waals surface area contributed by atoms with Crippen LogP contribution in [-0.4, -0.2) is 26.8 Å². The summed E-state index contributed by atoms with van der Waals surface area (Å²) >= 11 is 0. The lowest BCUT2D eigenvalue weighted by atomic mass is 9.85. The Morgan fingerprint density at radius 3 is 2.40 bits per heavy atom. The number of aliphatic hydroxyl groups is 1. The number of Topliss-reactive ketones (excluding diaryl/α,β-unsaturated/α-hetero) is 1. The summed E-state index contributed by atoms with van der Waals surface area (Å²) in [4.78, 5) is 11.9. The van der Waals surface area contributed by atoms with E-state index in [9.17, 15) is 9.90 Å². The minimum atomic E-state index is -0.986. The number of hydrogen-bond acceptors (Lipinski definition) is 3. The van der Waals surface area contributed by atoms with E-state index in [-0.39, 0.29) is 5.78 Å². The van der Waals surface area contributed by atoms with Gasteiger partial charge in [-0.2, -0.15) is 5.10 Å². The summed E-state index contributed by atoms with van der Waals surface area (Å²) in [5, 5.41) is 13.9. The van der Waals surface area contributed by atoms with Gasteiger partial charge in [0.15, 0.2) is 5.78 Å². The maximum atomic E-state index is 11.9. The van der Waals surface area contributed by atoms with Gasteiger partial charge in [0, 0.05) is 13.2 Å². The van der Waals surface area contributed by atoms with Crippen molar-refractivity contribution in [3.63, 3.8) is 0 Å². The van der Waals surface area contributed by atoms with Crippen LogP contribution in [0.1, 0.15) is 36.8 Å². The van der Waals surface area contributed by atoms with Crippen LogP contribution >= 0.6 is 0 Å². The van der Waals surface area contributed by atoms with E-state index in [2.05, 4.69) is 5.10 Å². The molecule has 0 aliphatic rings. The molecule has 0 amide bonds. The summed E-state index contributed by atoms with van der Waals surface area (Å²) in [6, 6.07) is 0. The van der Waals surface area contributed by atoms with E-state index < -0.39 is 11.5 Å². The van der Waals surface area contributed by atoms with E-state index in [0.29, 0.717) is 11.3 Å². The van der Waals surface area contributed by atoms with Crippen molar-refractivity contribution in [2.24, 2.45) is 12.5 Å². The van der Waals surface area contributed by atoms with Crippen molar-refractivity contribution in [1.82, 2.24) is 9.78 Å². The van der Waals surface area contributed by atoms with Gasteiger partial charge >= 0.3 is 0 Å². The Morgan fingerprint density at radius 2 is 2.07 bits per heavy atom. The Hall–Kier alpha value is -1.16. The van der Waals surface area contributed by atoms with Crippen molar-refractivity contribution >= 4 is 5.78 Å². The van der Waals surface area contributed by atoms with Crippen LogP contribution in [0.4, 0.5) is 0 Å². The third-order valence-corrected chi connectivity index (χ3v) is 2.35. The van der Waals surface area contributed by atoms with Crippen molar-refractivity contribution in [3.05, 3.63) is 17.5 Å². The largest absolute Gasteiger partial charge is 0.384 e. The molecule has 84 valence electrons. The molecule has 0 aliphatic carbocycles. The van der Waals surface area contributed by atoms with E-state index in [0.717, 1.165) is 0 Å². The lowest BCUT2D eigenvalue weighted by Crippen LogP contribution is -2.34. The molecule has 0 saturated carbocycles. The third kappa shape index (κ3) is 2.45. The van der Waals surface area contributed by atoms with E-state index in [1.165, 1.54) is 0 Å². The van der Waals surface area contributed by atoms with E-state index in [4.69, 9.17) is 0 Å². The summed E-state index contributed by atoms with van der Waals surface area (Å²) in [5.41, 5.74) is 0.713. The van der Waals surface area contributed by atoms with Crippen molar-refractivity contribution in [3.8, 4) is 0 Å². The molecule has 0 fully saturated rings. The lowest BCUT2D eigenvalue weighted by molar-refractivity contribution is 0.0442. The fraction of sp³-hybridized carbons (Fsp3) is 0.636. The predicted octanol–water partition coefficient (Wildman–Crippen LogP) is 1.32. The number of aromatic nitrogens is 2. The van der Waals surface area contributed by atoms with Gasteiger partial charge in [0.25, 0.3) is 0 Å². The molecule has 1 aromatic heterocycles. The van der Waals surface area contributed by atoms with Gasteiger partial charge in [-0.3, -0.25) is 9.48 Å². The highest BCUT2D eigenvalue weighted by Gasteiger charge is 2.31. The van der Waals surface area contributed by atoms with Crippen LogP contribution in [0.25, 0.3) is 0 Å². The first-order valence-electron chi connectivity index (χ1n) is 4.96. The van der Waals surface area contributed by atoms with Crippen LogP contribution in [0.5, 0.6) is 0 Å². The molecule has 1 rings (SSSR count). The molecule has 0 saturated heterocycles. The number of carbonyl (C=O) groups excluding carboxylic acids is 1. The Balaban J connectivity index is 3.00. The molecule has 4 nitrogen and oxygen atoms in total. The second-order valence-electron chi connectivity index (χ2n) is 4.93. The number of rotatable bonds is 2. The van der Waals surface area contributed by atoms with Gasteiger partial charge in [-0.1, -0.05) is 20.8 Å². The quantitative estimate of drug-likeness (QED) is 0.749. The van der Waals surface area contributed by atoms with Gasteiger partial charge in [-0.15, -0.1) is 0 Å². The van der Waals surface area contributed by atoms with Crippen molar-refractivity contribution in [2.75, 3.05) is 0 Å². The van der Waals surface area contributed by atoms with Crippen molar-refractivity contribution in [1.29, 1.82) is 0 Å². The average molecular weight is 210 g/mol.